The van der Waals surface area contributed by atoms with Crippen molar-refractivity contribution in [3.63, 3.8) is 0 Å². The Balaban J connectivity index is 1.18. The summed E-state index contributed by atoms with van der Waals surface area (Å²) >= 11 is 0. The first-order valence-corrected chi connectivity index (χ1v) is 13.3. The first-order chi connectivity index (χ1) is 16.2. The molecule has 1 spiro atoms. The highest BCUT2D eigenvalue weighted by Gasteiger charge is 2.55. The van der Waals surface area contributed by atoms with Crippen LogP contribution in [0.2, 0.25) is 0 Å². The maximum Gasteiger partial charge on any atom is 0.235 e. The molecule has 34 heavy (non-hydrogen) atoms. The topological polar surface area (TPSA) is 99.5 Å². The van der Waals surface area contributed by atoms with E-state index in [9.17, 15) is 22.9 Å². The quantitative estimate of drug-likeness (QED) is 0.678. The molecule has 178 valence electrons. The van der Waals surface area contributed by atoms with Gasteiger partial charge in [-0.15, -0.1) is 0 Å². The van der Waals surface area contributed by atoms with Crippen molar-refractivity contribution in [2.75, 3.05) is 37.8 Å². The van der Waals surface area contributed by atoms with Gasteiger partial charge >= 0.3 is 0 Å². The number of nitriles is 1. The van der Waals surface area contributed by atoms with Gasteiger partial charge in [0.2, 0.25) is 5.91 Å². The number of benzene rings is 2. The number of anilines is 1. The summed E-state index contributed by atoms with van der Waals surface area (Å²) in [5, 5.41) is 12.2. The van der Waals surface area contributed by atoms with E-state index in [2.05, 4.69) is 16.3 Å². The molecule has 9 heteroatoms. The number of halogens is 1. The predicted octanol–water partition coefficient (Wildman–Crippen LogP) is 3.10. The van der Waals surface area contributed by atoms with Crippen LogP contribution < -0.4 is 10.1 Å². The summed E-state index contributed by atoms with van der Waals surface area (Å²) in [5.74, 6) is -0.193. The Morgan fingerprint density at radius 3 is 2.47 bits per heavy atom. The van der Waals surface area contributed by atoms with Crippen LogP contribution in [0.1, 0.15) is 42.4 Å². The zero-order chi connectivity index (χ0) is 24.1. The van der Waals surface area contributed by atoms with Crippen molar-refractivity contribution in [2.24, 2.45) is 0 Å². The van der Waals surface area contributed by atoms with E-state index in [-0.39, 0.29) is 11.5 Å². The van der Waals surface area contributed by atoms with Gasteiger partial charge in [-0.1, -0.05) is 6.07 Å². The van der Waals surface area contributed by atoms with Crippen molar-refractivity contribution in [3.05, 3.63) is 58.9 Å². The molecule has 2 aliphatic heterocycles. The van der Waals surface area contributed by atoms with E-state index in [0.29, 0.717) is 63.2 Å². The molecular weight excluding hydrogens is 457 g/mol. The summed E-state index contributed by atoms with van der Waals surface area (Å²) in [6.45, 7) is 2.39. The summed E-state index contributed by atoms with van der Waals surface area (Å²) < 4.78 is 43.5. The molecule has 0 atom stereocenters. The van der Waals surface area contributed by atoms with E-state index in [1.807, 2.05) is 6.07 Å². The van der Waals surface area contributed by atoms with Crippen LogP contribution in [0.4, 0.5) is 10.1 Å². The van der Waals surface area contributed by atoms with E-state index in [1.54, 1.807) is 18.2 Å². The highest BCUT2D eigenvalue weighted by atomic mass is 32.2. The number of carbonyl (C=O) groups excluding carboxylic acids is 1. The highest BCUT2D eigenvalue weighted by molar-refractivity contribution is 7.92. The van der Waals surface area contributed by atoms with Crippen LogP contribution in [-0.4, -0.2) is 51.7 Å². The number of likely N-dealkylation sites (tertiary alicyclic amines) is 1. The second-order valence-electron chi connectivity index (χ2n) is 9.51. The summed E-state index contributed by atoms with van der Waals surface area (Å²) in [6, 6.07) is 11.9. The Morgan fingerprint density at radius 1 is 1.12 bits per heavy atom. The summed E-state index contributed by atoms with van der Waals surface area (Å²) in [5.41, 5.74) is 1.86. The van der Waals surface area contributed by atoms with E-state index in [4.69, 9.17) is 4.74 Å². The number of sulfone groups is 1. The van der Waals surface area contributed by atoms with Gasteiger partial charge in [-0.3, -0.25) is 9.69 Å². The summed E-state index contributed by atoms with van der Waals surface area (Å²) in [6.07, 6.45) is 3.34. The molecular formula is C25H26FN3O4S. The van der Waals surface area contributed by atoms with Crippen molar-refractivity contribution in [1.29, 1.82) is 5.26 Å². The van der Waals surface area contributed by atoms with Gasteiger partial charge in [-0.25, -0.2) is 12.8 Å². The number of rotatable bonds is 6. The number of piperidine rings is 1. The van der Waals surface area contributed by atoms with Gasteiger partial charge in [0.25, 0.3) is 0 Å². The molecule has 1 amide bonds. The number of ether oxygens (including phenoxy) is 1. The minimum absolute atomic E-state index is 0.00779. The molecule has 0 bridgehead atoms. The van der Waals surface area contributed by atoms with Crippen molar-refractivity contribution in [2.45, 2.75) is 35.8 Å². The predicted molar refractivity (Wildman–Crippen MR) is 125 cm³/mol. The summed E-state index contributed by atoms with van der Waals surface area (Å²) in [7, 11) is -3.38. The van der Waals surface area contributed by atoms with Crippen LogP contribution in [0.5, 0.6) is 5.75 Å². The van der Waals surface area contributed by atoms with Crippen LogP contribution in [0.3, 0.4) is 0 Å². The SMILES string of the molecule is CS(=O)(=O)C1(c2ccc(OCCN3CCC4(CC3)C(=O)Nc3ccc(C#N)cc34)cc2F)CC1. The Hall–Kier alpha value is -2.96. The van der Waals surface area contributed by atoms with Crippen molar-refractivity contribution >= 4 is 21.4 Å². The number of nitrogens with zero attached hydrogens (tertiary/aromatic N) is 2. The van der Waals surface area contributed by atoms with Crippen molar-refractivity contribution < 1.29 is 22.3 Å². The summed E-state index contributed by atoms with van der Waals surface area (Å²) in [4.78, 5) is 15.0. The molecule has 7 nitrogen and oxygen atoms in total. The maximum absolute atomic E-state index is 14.7. The van der Waals surface area contributed by atoms with Gasteiger partial charge in [0.1, 0.15) is 18.2 Å². The normalized spacial score (nSPS) is 20.4. The Kier molecular flexibility index (Phi) is 5.41. The highest BCUT2D eigenvalue weighted by Crippen LogP contribution is 2.53. The third-order valence-corrected chi connectivity index (χ3v) is 9.63. The molecule has 3 aliphatic rings. The fraction of sp³-hybridized carbons (Fsp3) is 0.440. The van der Waals surface area contributed by atoms with Gasteiger partial charge in [-0.2, -0.15) is 5.26 Å². The van der Waals surface area contributed by atoms with E-state index in [1.165, 1.54) is 12.1 Å². The van der Waals surface area contributed by atoms with Crippen LogP contribution in [0.25, 0.3) is 0 Å². The van der Waals surface area contributed by atoms with Crippen LogP contribution in [-0.2, 0) is 24.8 Å². The monoisotopic (exact) mass is 483 g/mol. The Bertz CT molecular complexity index is 1310. The lowest BCUT2D eigenvalue weighted by Gasteiger charge is -2.38. The minimum Gasteiger partial charge on any atom is -0.492 e. The molecule has 0 radical (unpaired) electrons. The third-order valence-electron chi connectivity index (χ3n) is 7.58. The number of carbonyl (C=O) groups is 1. The number of amides is 1. The number of nitrogens with one attached hydrogen (secondary N) is 1. The zero-order valence-electron chi connectivity index (χ0n) is 18.9. The average molecular weight is 484 g/mol. The smallest absolute Gasteiger partial charge is 0.235 e. The van der Waals surface area contributed by atoms with Crippen molar-refractivity contribution in [1.82, 2.24) is 4.90 Å². The average Bonchev–Trinajstić information content (AvgIpc) is 3.58. The molecule has 1 aliphatic carbocycles. The molecule has 2 aromatic rings. The molecule has 0 unspecified atom stereocenters. The lowest BCUT2D eigenvalue weighted by atomic mass is 9.73. The number of fused-ring (bicyclic) bond motifs is 2. The largest absolute Gasteiger partial charge is 0.492 e. The molecule has 1 saturated carbocycles. The number of hydrogen-bond donors (Lipinski definition) is 1. The fourth-order valence-electron chi connectivity index (χ4n) is 5.34. The van der Waals surface area contributed by atoms with Gasteiger partial charge in [0.05, 0.1) is 21.8 Å². The van der Waals surface area contributed by atoms with Gasteiger partial charge in [0.15, 0.2) is 9.84 Å². The van der Waals surface area contributed by atoms with Crippen LogP contribution >= 0.6 is 0 Å². The van der Waals surface area contributed by atoms with E-state index in [0.717, 1.165) is 17.5 Å². The number of hydrogen-bond acceptors (Lipinski definition) is 6. The first kappa shape index (κ1) is 22.8. The van der Waals surface area contributed by atoms with Gasteiger partial charge < -0.3 is 10.1 Å². The fourth-order valence-corrected chi connectivity index (χ4v) is 6.75. The lowest BCUT2D eigenvalue weighted by molar-refractivity contribution is -0.122. The second-order valence-corrected chi connectivity index (χ2v) is 11.8. The van der Waals surface area contributed by atoms with E-state index >= 15 is 0 Å². The van der Waals surface area contributed by atoms with Gasteiger partial charge in [-0.05, 0) is 68.6 Å². The lowest BCUT2D eigenvalue weighted by Crippen LogP contribution is -2.47. The maximum atomic E-state index is 14.7. The minimum atomic E-state index is -3.38. The first-order valence-electron chi connectivity index (χ1n) is 11.4. The van der Waals surface area contributed by atoms with E-state index < -0.39 is 25.8 Å². The molecule has 0 aromatic heterocycles. The second kappa shape index (κ2) is 8.07. The Morgan fingerprint density at radius 2 is 1.85 bits per heavy atom. The van der Waals surface area contributed by atoms with Crippen molar-refractivity contribution in [3.8, 4) is 11.8 Å². The molecule has 2 aromatic carbocycles. The molecule has 2 fully saturated rings. The van der Waals surface area contributed by atoms with Crippen LogP contribution in [0.15, 0.2) is 36.4 Å². The van der Waals surface area contributed by atoms with Crippen LogP contribution in [0, 0.1) is 17.1 Å². The van der Waals surface area contributed by atoms with Gasteiger partial charge in [0, 0.05) is 30.1 Å². The standard InChI is InChI=1S/C25H26FN3O4S/c1-34(31,32)25(6-7-25)19-4-3-18(15-21(19)26)33-13-12-29-10-8-24(9-11-29)20-14-17(16-27)2-5-22(20)28-23(24)30/h2-5,14-15H,6-13H2,1H3,(H,28,30). The molecule has 1 N–H and O–H groups in total. The molecule has 2 heterocycles. The zero-order valence-corrected chi connectivity index (χ0v) is 19.8. The molecule has 1 saturated heterocycles. The Labute approximate surface area is 198 Å². The third kappa shape index (κ3) is 3.65. The molecule has 5 rings (SSSR count).